The molecular formula is C17H16FIN2O3. The molecule has 1 amide bonds. The van der Waals surface area contributed by atoms with E-state index in [1.165, 1.54) is 22.6 Å². The predicted octanol–water partition coefficient (Wildman–Crippen LogP) is 2.66. The summed E-state index contributed by atoms with van der Waals surface area (Å²) in [7, 11) is 3.12. The van der Waals surface area contributed by atoms with Crippen LogP contribution in [-0.2, 0) is 11.8 Å². The van der Waals surface area contributed by atoms with Crippen molar-refractivity contribution >= 4 is 34.2 Å². The monoisotopic (exact) mass is 442 g/mol. The molecule has 2 aromatic rings. The van der Waals surface area contributed by atoms with E-state index in [1.54, 1.807) is 31.4 Å². The summed E-state index contributed by atoms with van der Waals surface area (Å²) in [6, 6.07) is 6.41. The number of pyridine rings is 1. The molecular weight excluding hydrogens is 426 g/mol. The number of carbonyl (C=O) groups excluding carboxylic acids is 1. The molecule has 0 radical (unpaired) electrons. The van der Waals surface area contributed by atoms with Gasteiger partial charge in [-0.3, -0.25) is 9.59 Å². The second-order valence-electron chi connectivity index (χ2n) is 5.72. The molecule has 0 saturated carbocycles. The van der Waals surface area contributed by atoms with E-state index in [-0.39, 0.29) is 36.2 Å². The molecule has 1 atom stereocenters. The van der Waals surface area contributed by atoms with Crippen molar-refractivity contribution in [2.75, 3.05) is 18.6 Å². The second kappa shape index (κ2) is 6.54. The van der Waals surface area contributed by atoms with Crippen molar-refractivity contribution in [3.05, 3.63) is 55.8 Å². The van der Waals surface area contributed by atoms with Crippen molar-refractivity contribution < 1.29 is 13.9 Å². The van der Waals surface area contributed by atoms with Crippen molar-refractivity contribution in [1.29, 1.82) is 0 Å². The van der Waals surface area contributed by atoms with E-state index >= 15 is 0 Å². The summed E-state index contributed by atoms with van der Waals surface area (Å²) in [5.74, 6) is -0.410. The van der Waals surface area contributed by atoms with Crippen LogP contribution in [0.3, 0.4) is 0 Å². The quantitative estimate of drug-likeness (QED) is 0.688. The Morgan fingerprint density at radius 2 is 2.08 bits per heavy atom. The Labute approximate surface area is 152 Å². The lowest BCUT2D eigenvalue weighted by Crippen LogP contribution is -2.32. The van der Waals surface area contributed by atoms with Gasteiger partial charge >= 0.3 is 0 Å². The van der Waals surface area contributed by atoms with Gasteiger partial charge in [0.05, 0.1) is 7.11 Å². The summed E-state index contributed by atoms with van der Waals surface area (Å²) in [5.41, 5.74) is 0.591. The molecule has 1 aliphatic rings. The van der Waals surface area contributed by atoms with E-state index in [2.05, 4.69) is 0 Å². The van der Waals surface area contributed by atoms with Crippen molar-refractivity contribution in [3.63, 3.8) is 0 Å². The highest BCUT2D eigenvalue weighted by Crippen LogP contribution is 2.36. The fourth-order valence-electron chi connectivity index (χ4n) is 2.99. The molecule has 24 heavy (non-hydrogen) atoms. The van der Waals surface area contributed by atoms with E-state index < -0.39 is 0 Å². The number of aromatic nitrogens is 1. The maximum Gasteiger partial charge on any atom is 0.274 e. The summed E-state index contributed by atoms with van der Waals surface area (Å²) in [5, 5.41) is 0. The number of hydrogen-bond donors (Lipinski definition) is 0. The van der Waals surface area contributed by atoms with Gasteiger partial charge < -0.3 is 14.2 Å². The van der Waals surface area contributed by atoms with Crippen LogP contribution < -0.4 is 15.2 Å². The van der Waals surface area contributed by atoms with Gasteiger partial charge in [-0.15, -0.1) is 0 Å². The SMILES string of the molecule is COc1cc(F)c([C@H]2CC(=O)N(c3cccn(C)c3=O)C2)c(I)c1. The molecule has 2 heterocycles. The molecule has 0 unspecified atom stereocenters. The van der Waals surface area contributed by atoms with E-state index in [4.69, 9.17) is 4.74 Å². The number of hydrogen-bond acceptors (Lipinski definition) is 3. The lowest BCUT2D eigenvalue weighted by Gasteiger charge is -2.18. The number of amides is 1. The number of anilines is 1. The molecule has 126 valence electrons. The van der Waals surface area contributed by atoms with E-state index in [9.17, 15) is 14.0 Å². The topological polar surface area (TPSA) is 51.5 Å². The molecule has 3 rings (SSSR count). The molecule has 1 aromatic carbocycles. The van der Waals surface area contributed by atoms with Crippen LogP contribution in [0.15, 0.2) is 35.3 Å². The molecule has 0 N–H and O–H groups in total. The summed E-state index contributed by atoms with van der Waals surface area (Å²) < 4.78 is 21.7. The van der Waals surface area contributed by atoms with Crippen LogP contribution in [-0.4, -0.2) is 24.1 Å². The van der Waals surface area contributed by atoms with Gasteiger partial charge in [-0.05, 0) is 40.8 Å². The summed E-state index contributed by atoms with van der Waals surface area (Å²) in [6.07, 6.45) is 1.81. The standard InChI is InChI=1S/C17H16FIN2O3/c1-20-5-3-4-14(17(20)23)21-9-10(6-15(21)22)16-12(18)7-11(24-2)8-13(16)19/h3-5,7-8,10H,6,9H2,1-2H3/t10-/m0/s1. The molecule has 1 saturated heterocycles. The predicted molar refractivity (Wildman–Crippen MR) is 97.1 cm³/mol. The Bertz CT molecular complexity index is 842. The number of nitrogens with zero attached hydrogens (tertiary/aromatic N) is 2. The lowest BCUT2D eigenvalue weighted by atomic mass is 9.97. The van der Waals surface area contributed by atoms with Gasteiger partial charge in [-0.2, -0.15) is 0 Å². The Morgan fingerprint density at radius 1 is 1.33 bits per heavy atom. The van der Waals surface area contributed by atoms with Gasteiger partial charge in [0.1, 0.15) is 17.3 Å². The Hall–Kier alpha value is -1.90. The van der Waals surface area contributed by atoms with Gasteiger partial charge in [0, 0.05) is 47.3 Å². The Balaban J connectivity index is 1.96. The first-order chi connectivity index (χ1) is 11.4. The number of halogens is 2. The number of benzene rings is 1. The zero-order valence-corrected chi connectivity index (χ0v) is 15.4. The van der Waals surface area contributed by atoms with Crippen molar-refractivity contribution in [2.45, 2.75) is 12.3 Å². The van der Waals surface area contributed by atoms with E-state index in [0.29, 0.717) is 20.6 Å². The van der Waals surface area contributed by atoms with Crippen molar-refractivity contribution in [3.8, 4) is 5.75 Å². The summed E-state index contributed by atoms with van der Waals surface area (Å²) in [4.78, 5) is 26.1. The van der Waals surface area contributed by atoms with Crippen LogP contribution >= 0.6 is 22.6 Å². The minimum Gasteiger partial charge on any atom is -0.497 e. The van der Waals surface area contributed by atoms with Crippen LogP contribution in [0, 0.1) is 9.39 Å². The normalized spacial score (nSPS) is 17.4. The van der Waals surface area contributed by atoms with Crippen LogP contribution in [0.1, 0.15) is 17.9 Å². The van der Waals surface area contributed by atoms with Crippen LogP contribution in [0.25, 0.3) is 0 Å². The molecule has 1 fully saturated rings. The third kappa shape index (κ3) is 2.92. The van der Waals surface area contributed by atoms with Gasteiger partial charge in [0.25, 0.3) is 5.56 Å². The Kier molecular flexibility index (Phi) is 4.62. The second-order valence-corrected chi connectivity index (χ2v) is 6.88. The maximum atomic E-state index is 14.5. The first-order valence-electron chi connectivity index (χ1n) is 7.41. The zero-order valence-electron chi connectivity index (χ0n) is 13.3. The van der Waals surface area contributed by atoms with Crippen molar-refractivity contribution in [2.24, 2.45) is 7.05 Å². The first-order valence-corrected chi connectivity index (χ1v) is 8.49. The summed E-state index contributed by atoms with van der Waals surface area (Å²) >= 11 is 2.05. The molecule has 7 heteroatoms. The third-order valence-corrected chi connectivity index (χ3v) is 5.11. The molecule has 0 spiro atoms. The van der Waals surface area contributed by atoms with Gasteiger partial charge in [0.2, 0.25) is 5.91 Å². The molecule has 5 nitrogen and oxygen atoms in total. The molecule has 0 bridgehead atoms. The van der Waals surface area contributed by atoms with Crippen LogP contribution in [0.4, 0.5) is 10.1 Å². The number of aryl methyl sites for hydroxylation is 1. The lowest BCUT2D eigenvalue weighted by molar-refractivity contribution is -0.117. The largest absolute Gasteiger partial charge is 0.497 e. The number of carbonyl (C=O) groups is 1. The summed E-state index contributed by atoms with van der Waals surface area (Å²) in [6.45, 7) is 0.289. The number of ether oxygens (including phenoxy) is 1. The van der Waals surface area contributed by atoms with Gasteiger partial charge in [-0.1, -0.05) is 0 Å². The fraction of sp³-hybridized carbons (Fsp3) is 0.294. The average molecular weight is 442 g/mol. The van der Waals surface area contributed by atoms with Crippen LogP contribution in [0.2, 0.25) is 0 Å². The Morgan fingerprint density at radius 3 is 2.75 bits per heavy atom. The number of rotatable bonds is 3. The van der Waals surface area contributed by atoms with Crippen LogP contribution in [0.5, 0.6) is 5.75 Å². The molecule has 0 aliphatic carbocycles. The minimum absolute atomic E-state index is 0.172. The third-order valence-electron chi connectivity index (χ3n) is 4.22. The van der Waals surface area contributed by atoms with E-state index in [0.717, 1.165) is 0 Å². The highest BCUT2D eigenvalue weighted by atomic mass is 127. The van der Waals surface area contributed by atoms with E-state index in [1.807, 2.05) is 22.6 Å². The van der Waals surface area contributed by atoms with Gasteiger partial charge in [0.15, 0.2) is 0 Å². The molecule has 1 aliphatic heterocycles. The first kappa shape index (κ1) is 16.9. The zero-order chi connectivity index (χ0) is 17.4. The average Bonchev–Trinajstić information content (AvgIpc) is 2.90. The minimum atomic E-state index is -0.389. The number of methoxy groups -OCH3 is 1. The fourth-order valence-corrected chi connectivity index (χ4v) is 4.00. The maximum absolute atomic E-state index is 14.5. The highest BCUT2D eigenvalue weighted by Gasteiger charge is 2.35. The van der Waals surface area contributed by atoms with Crippen molar-refractivity contribution in [1.82, 2.24) is 4.57 Å². The highest BCUT2D eigenvalue weighted by molar-refractivity contribution is 14.1. The smallest absolute Gasteiger partial charge is 0.274 e. The van der Waals surface area contributed by atoms with Gasteiger partial charge in [-0.25, -0.2) is 4.39 Å². The molecule has 1 aromatic heterocycles.